The molecule has 1 aromatic rings. The van der Waals surface area contributed by atoms with Crippen molar-refractivity contribution in [2.24, 2.45) is 0 Å². The minimum Gasteiger partial charge on any atom is -0.444 e. The fraction of sp³-hybridized carbons (Fsp3) is 0.812. The van der Waals surface area contributed by atoms with Crippen LogP contribution in [-0.2, 0) is 11.3 Å². The molecule has 0 bridgehead atoms. The fourth-order valence-corrected chi connectivity index (χ4v) is 3.99. The zero-order valence-corrected chi connectivity index (χ0v) is 15.0. The number of nitrogens with one attached hydrogen (secondary N) is 1. The molecular weight excluding hydrogens is 312 g/mol. The molecule has 128 valence electrons. The van der Waals surface area contributed by atoms with E-state index in [2.05, 4.69) is 14.9 Å². The summed E-state index contributed by atoms with van der Waals surface area (Å²) in [6.45, 7) is 7.29. The van der Waals surface area contributed by atoms with Crippen LogP contribution in [0.2, 0.25) is 0 Å². The van der Waals surface area contributed by atoms with Crippen LogP contribution in [0, 0.1) is 0 Å². The number of hydrogen-bond acceptors (Lipinski definition) is 6. The van der Waals surface area contributed by atoms with Crippen molar-refractivity contribution in [1.82, 2.24) is 19.8 Å². The van der Waals surface area contributed by atoms with Gasteiger partial charge in [0.25, 0.3) is 0 Å². The van der Waals surface area contributed by atoms with Crippen LogP contribution in [-0.4, -0.2) is 44.3 Å². The van der Waals surface area contributed by atoms with E-state index in [0.29, 0.717) is 6.04 Å². The number of amides is 1. The van der Waals surface area contributed by atoms with Crippen LogP contribution < -0.4 is 5.32 Å². The minimum absolute atomic E-state index is 0.00141. The average Bonchev–Trinajstić information content (AvgIpc) is 2.94. The van der Waals surface area contributed by atoms with Gasteiger partial charge in [-0.2, -0.15) is 0 Å². The Kier molecular flexibility index (Phi) is 4.60. The number of piperidine rings is 1. The third-order valence-electron chi connectivity index (χ3n) is 4.78. The van der Waals surface area contributed by atoms with Crippen LogP contribution in [0.1, 0.15) is 58.6 Å². The predicted octanol–water partition coefficient (Wildman–Crippen LogP) is 2.95. The van der Waals surface area contributed by atoms with E-state index in [9.17, 15) is 4.79 Å². The summed E-state index contributed by atoms with van der Waals surface area (Å²) in [5.74, 6) is 0. The van der Waals surface area contributed by atoms with E-state index in [1.165, 1.54) is 18.0 Å². The molecule has 1 atom stereocenters. The fourth-order valence-electron chi connectivity index (χ4n) is 3.54. The Hall–Kier alpha value is -1.21. The van der Waals surface area contributed by atoms with Crippen molar-refractivity contribution in [3.63, 3.8) is 0 Å². The largest absolute Gasteiger partial charge is 0.444 e. The maximum atomic E-state index is 12.5. The molecule has 2 heterocycles. The van der Waals surface area contributed by atoms with Crippen LogP contribution in [0.15, 0.2) is 5.38 Å². The van der Waals surface area contributed by atoms with Gasteiger partial charge < -0.3 is 15.0 Å². The van der Waals surface area contributed by atoms with Gasteiger partial charge in [-0.3, -0.25) is 0 Å². The van der Waals surface area contributed by atoms with Crippen LogP contribution in [0.4, 0.5) is 4.79 Å². The van der Waals surface area contributed by atoms with E-state index in [-0.39, 0.29) is 11.6 Å². The maximum absolute atomic E-state index is 12.5. The standard InChI is InChI=1S/C16H26N4O2S/c1-15(2,3)22-14(21)20-8-5-12(9-16(20)6-4-7-16)17-10-13-11-23-19-18-13/h11-12,17H,4-10H2,1-3H3. The third kappa shape index (κ3) is 3.83. The van der Waals surface area contributed by atoms with Gasteiger partial charge in [-0.05, 0) is 64.4 Å². The summed E-state index contributed by atoms with van der Waals surface area (Å²) in [6, 6.07) is 0.427. The molecule has 1 aliphatic heterocycles. The zero-order chi connectivity index (χ0) is 16.5. The molecule has 1 saturated heterocycles. The molecular formula is C16H26N4O2S. The van der Waals surface area contributed by atoms with Gasteiger partial charge in [-0.25, -0.2) is 4.79 Å². The summed E-state index contributed by atoms with van der Waals surface area (Å²) < 4.78 is 9.51. The Labute approximate surface area is 141 Å². The first kappa shape index (κ1) is 16.6. The summed E-state index contributed by atoms with van der Waals surface area (Å²) >= 11 is 1.38. The van der Waals surface area contributed by atoms with Gasteiger partial charge in [0.2, 0.25) is 0 Å². The van der Waals surface area contributed by atoms with E-state index in [0.717, 1.165) is 44.5 Å². The molecule has 23 heavy (non-hydrogen) atoms. The Bertz CT molecular complexity index is 537. The van der Waals surface area contributed by atoms with E-state index >= 15 is 0 Å². The summed E-state index contributed by atoms with van der Waals surface area (Å²) in [5.41, 5.74) is 0.556. The molecule has 0 radical (unpaired) electrons. The van der Waals surface area contributed by atoms with Gasteiger partial charge in [0.1, 0.15) is 5.60 Å². The molecule has 1 spiro atoms. The van der Waals surface area contributed by atoms with Gasteiger partial charge in [0.15, 0.2) is 0 Å². The quantitative estimate of drug-likeness (QED) is 0.918. The first-order chi connectivity index (χ1) is 10.9. The third-order valence-corrected chi connectivity index (χ3v) is 5.33. The highest BCUT2D eigenvalue weighted by Gasteiger charge is 2.49. The Morgan fingerprint density at radius 3 is 2.87 bits per heavy atom. The molecule has 1 N–H and O–H groups in total. The molecule has 1 aromatic heterocycles. The lowest BCUT2D eigenvalue weighted by atomic mass is 9.69. The number of carbonyl (C=O) groups is 1. The molecule has 1 saturated carbocycles. The van der Waals surface area contributed by atoms with Crippen LogP contribution in [0.3, 0.4) is 0 Å². The highest BCUT2D eigenvalue weighted by Crippen LogP contribution is 2.45. The molecule has 6 nitrogen and oxygen atoms in total. The second-order valence-corrected chi connectivity index (χ2v) is 8.29. The van der Waals surface area contributed by atoms with E-state index in [1.54, 1.807) is 0 Å². The first-order valence-corrected chi connectivity index (χ1v) is 9.22. The first-order valence-electron chi connectivity index (χ1n) is 8.38. The zero-order valence-electron chi connectivity index (χ0n) is 14.2. The second-order valence-electron chi connectivity index (χ2n) is 7.68. The summed E-state index contributed by atoms with van der Waals surface area (Å²) in [7, 11) is 0. The Morgan fingerprint density at radius 1 is 1.52 bits per heavy atom. The van der Waals surface area contributed by atoms with Crippen molar-refractivity contribution in [3.05, 3.63) is 11.1 Å². The van der Waals surface area contributed by atoms with Crippen LogP contribution in [0.5, 0.6) is 0 Å². The normalized spacial score (nSPS) is 23.6. The Morgan fingerprint density at radius 2 is 2.30 bits per heavy atom. The highest BCUT2D eigenvalue weighted by molar-refractivity contribution is 7.03. The smallest absolute Gasteiger partial charge is 0.410 e. The minimum atomic E-state index is -0.436. The van der Waals surface area contributed by atoms with Crippen molar-refractivity contribution in [3.8, 4) is 0 Å². The number of carbonyl (C=O) groups excluding carboxylic acids is 1. The Balaban J connectivity index is 1.59. The lowest BCUT2D eigenvalue weighted by Gasteiger charge is -2.54. The lowest BCUT2D eigenvalue weighted by Crippen LogP contribution is -2.63. The highest BCUT2D eigenvalue weighted by atomic mass is 32.1. The molecule has 1 unspecified atom stereocenters. The number of nitrogens with zero attached hydrogens (tertiary/aromatic N) is 3. The average molecular weight is 338 g/mol. The second kappa shape index (κ2) is 6.36. The topological polar surface area (TPSA) is 67.3 Å². The summed E-state index contributed by atoms with van der Waals surface area (Å²) in [6.07, 6.45) is 5.18. The van der Waals surface area contributed by atoms with Gasteiger partial charge in [-0.15, -0.1) is 5.10 Å². The summed E-state index contributed by atoms with van der Waals surface area (Å²) in [4.78, 5) is 14.5. The van der Waals surface area contributed by atoms with Crippen molar-refractivity contribution in [2.75, 3.05) is 6.54 Å². The SMILES string of the molecule is CC(C)(C)OC(=O)N1CCC(NCc2csnn2)CC12CCC2. The number of ether oxygens (including phenoxy) is 1. The van der Waals surface area contributed by atoms with Gasteiger partial charge in [-0.1, -0.05) is 4.49 Å². The monoisotopic (exact) mass is 338 g/mol. The maximum Gasteiger partial charge on any atom is 0.410 e. The number of hydrogen-bond donors (Lipinski definition) is 1. The molecule has 0 aromatic carbocycles. The van der Waals surface area contributed by atoms with Gasteiger partial charge in [0, 0.05) is 30.1 Å². The van der Waals surface area contributed by atoms with Crippen LogP contribution >= 0.6 is 11.5 Å². The van der Waals surface area contributed by atoms with E-state index < -0.39 is 5.60 Å². The number of aromatic nitrogens is 2. The molecule has 2 aliphatic rings. The van der Waals surface area contributed by atoms with Crippen molar-refractivity contribution in [2.45, 2.75) is 76.6 Å². The molecule has 7 heteroatoms. The lowest BCUT2D eigenvalue weighted by molar-refractivity contribution is -0.0494. The van der Waals surface area contributed by atoms with Crippen molar-refractivity contribution in [1.29, 1.82) is 0 Å². The van der Waals surface area contributed by atoms with Crippen molar-refractivity contribution < 1.29 is 9.53 Å². The van der Waals surface area contributed by atoms with Gasteiger partial charge >= 0.3 is 6.09 Å². The van der Waals surface area contributed by atoms with E-state index in [4.69, 9.17) is 4.74 Å². The molecule has 3 rings (SSSR count). The van der Waals surface area contributed by atoms with Gasteiger partial charge in [0.05, 0.1) is 5.69 Å². The molecule has 1 amide bonds. The number of likely N-dealkylation sites (tertiary alicyclic amines) is 1. The van der Waals surface area contributed by atoms with E-state index in [1.807, 2.05) is 31.1 Å². The van der Waals surface area contributed by atoms with Crippen LogP contribution in [0.25, 0.3) is 0 Å². The van der Waals surface area contributed by atoms with Crippen molar-refractivity contribution >= 4 is 17.6 Å². The molecule has 1 aliphatic carbocycles. The number of rotatable bonds is 3. The summed E-state index contributed by atoms with van der Waals surface area (Å²) in [5, 5.41) is 9.63. The molecule has 2 fully saturated rings. The predicted molar refractivity (Wildman–Crippen MR) is 89.3 cm³/mol.